The lowest BCUT2D eigenvalue weighted by atomic mass is 10.1. The fourth-order valence-corrected chi connectivity index (χ4v) is 4.96. The van der Waals surface area contributed by atoms with Crippen LogP contribution in [0.3, 0.4) is 0 Å². The third-order valence-electron chi connectivity index (χ3n) is 5.15. The molecule has 3 heterocycles. The van der Waals surface area contributed by atoms with Crippen molar-refractivity contribution in [3.8, 4) is 0 Å². The zero-order valence-corrected chi connectivity index (χ0v) is 14.6. The molecule has 0 amide bonds. The Hall–Kier alpha value is -1.24. The van der Waals surface area contributed by atoms with E-state index in [1.165, 1.54) is 35.6 Å². The van der Waals surface area contributed by atoms with Crippen LogP contribution >= 0.6 is 11.3 Å². The number of thiazole rings is 1. The van der Waals surface area contributed by atoms with Gasteiger partial charge < -0.3 is 9.88 Å². The smallest absolute Gasteiger partial charge is 0.127 e. The summed E-state index contributed by atoms with van der Waals surface area (Å²) in [6, 6.07) is 0.348. The Morgan fingerprint density at radius 1 is 1.30 bits per heavy atom. The number of aryl methyl sites for hydroxylation is 1. The van der Waals surface area contributed by atoms with Crippen LogP contribution in [0.25, 0.3) is 0 Å². The number of imidazole rings is 1. The summed E-state index contributed by atoms with van der Waals surface area (Å²) in [7, 11) is 2.08. The van der Waals surface area contributed by atoms with E-state index in [2.05, 4.69) is 33.0 Å². The summed E-state index contributed by atoms with van der Waals surface area (Å²) in [5, 5.41) is 4.87. The first kappa shape index (κ1) is 15.3. The van der Waals surface area contributed by atoms with E-state index in [9.17, 15) is 0 Å². The molecule has 1 saturated carbocycles. The van der Waals surface area contributed by atoms with Crippen molar-refractivity contribution in [1.29, 1.82) is 0 Å². The van der Waals surface area contributed by atoms with Crippen LogP contribution < -0.4 is 5.32 Å². The van der Waals surface area contributed by atoms with E-state index in [0.717, 1.165) is 37.9 Å². The summed E-state index contributed by atoms with van der Waals surface area (Å²) in [6.45, 7) is 4.08. The molecule has 2 fully saturated rings. The van der Waals surface area contributed by atoms with Crippen molar-refractivity contribution in [2.75, 3.05) is 19.6 Å². The molecule has 1 N–H and O–H groups in total. The highest BCUT2D eigenvalue weighted by Crippen LogP contribution is 2.36. The van der Waals surface area contributed by atoms with Gasteiger partial charge in [-0.2, -0.15) is 0 Å². The highest BCUT2D eigenvalue weighted by Gasteiger charge is 2.28. The first-order valence-electron chi connectivity index (χ1n) is 8.68. The molecular formula is C17H25N5S. The van der Waals surface area contributed by atoms with E-state index < -0.39 is 0 Å². The number of hydrogen-bond acceptors (Lipinski definition) is 5. The maximum atomic E-state index is 4.72. The zero-order valence-electron chi connectivity index (χ0n) is 13.7. The second kappa shape index (κ2) is 6.71. The Morgan fingerprint density at radius 3 is 2.96 bits per heavy atom. The number of nitrogens with one attached hydrogen (secondary N) is 1. The van der Waals surface area contributed by atoms with E-state index in [1.54, 1.807) is 0 Å². The molecule has 1 aliphatic carbocycles. The van der Waals surface area contributed by atoms with Crippen molar-refractivity contribution in [2.45, 2.75) is 44.2 Å². The van der Waals surface area contributed by atoms with Gasteiger partial charge in [-0.25, -0.2) is 9.97 Å². The quantitative estimate of drug-likeness (QED) is 0.936. The first-order chi connectivity index (χ1) is 11.3. The zero-order chi connectivity index (χ0) is 15.6. The lowest BCUT2D eigenvalue weighted by molar-refractivity contribution is 0.146. The molecular weight excluding hydrogens is 306 g/mol. The Kier molecular flexibility index (Phi) is 4.46. The lowest BCUT2D eigenvalue weighted by Crippen LogP contribution is -2.46. The van der Waals surface area contributed by atoms with Crippen LogP contribution in [0.15, 0.2) is 18.6 Å². The molecule has 1 saturated heterocycles. The van der Waals surface area contributed by atoms with Crippen LogP contribution in [0.2, 0.25) is 0 Å². The van der Waals surface area contributed by atoms with Gasteiger partial charge in [-0.15, -0.1) is 11.3 Å². The Balaban J connectivity index is 1.49. The van der Waals surface area contributed by atoms with Gasteiger partial charge in [0.1, 0.15) is 5.82 Å². The van der Waals surface area contributed by atoms with Gasteiger partial charge in [0.2, 0.25) is 0 Å². The summed E-state index contributed by atoms with van der Waals surface area (Å²) >= 11 is 1.93. The maximum Gasteiger partial charge on any atom is 0.127 e. The summed E-state index contributed by atoms with van der Waals surface area (Å²) in [6.07, 6.45) is 11.4. The van der Waals surface area contributed by atoms with E-state index in [4.69, 9.17) is 4.98 Å². The van der Waals surface area contributed by atoms with Crippen LogP contribution in [0.5, 0.6) is 0 Å². The molecule has 0 radical (unpaired) electrons. The molecule has 2 aliphatic rings. The second-order valence-corrected chi connectivity index (χ2v) is 7.88. The minimum Gasteiger partial charge on any atom is -0.337 e. The van der Waals surface area contributed by atoms with Crippen molar-refractivity contribution in [2.24, 2.45) is 7.05 Å². The van der Waals surface area contributed by atoms with Crippen LogP contribution in [0.1, 0.15) is 53.4 Å². The number of nitrogens with zero attached hydrogens (tertiary/aromatic N) is 4. The molecule has 23 heavy (non-hydrogen) atoms. The van der Waals surface area contributed by atoms with Gasteiger partial charge in [0.15, 0.2) is 0 Å². The summed E-state index contributed by atoms with van der Waals surface area (Å²) < 4.78 is 2.14. The van der Waals surface area contributed by atoms with Crippen molar-refractivity contribution in [3.05, 3.63) is 34.3 Å². The first-order valence-corrected chi connectivity index (χ1v) is 9.49. The topological polar surface area (TPSA) is 46.0 Å². The molecule has 0 aromatic carbocycles. The minimum atomic E-state index is 0.348. The van der Waals surface area contributed by atoms with Gasteiger partial charge in [-0.05, 0) is 12.8 Å². The van der Waals surface area contributed by atoms with Gasteiger partial charge in [0, 0.05) is 62.6 Å². The summed E-state index contributed by atoms with van der Waals surface area (Å²) in [5.41, 5.74) is 0. The standard InChI is InChI=1S/C17H25N5S/c1-21-8-7-19-16(21)15-11-18-6-9-22(15)12-14-10-20-17(23-14)13-4-2-3-5-13/h7-8,10,13,15,18H,2-6,9,11-12H2,1H3. The fraction of sp³-hybridized carbons (Fsp3) is 0.647. The van der Waals surface area contributed by atoms with Crippen molar-refractivity contribution >= 4 is 11.3 Å². The molecule has 2 aromatic heterocycles. The fourth-order valence-electron chi connectivity index (χ4n) is 3.85. The Bertz CT molecular complexity index is 643. The molecule has 0 bridgehead atoms. The number of aromatic nitrogens is 3. The van der Waals surface area contributed by atoms with E-state index >= 15 is 0 Å². The third kappa shape index (κ3) is 3.20. The van der Waals surface area contributed by atoms with E-state index in [-0.39, 0.29) is 0 Å². The maximum absolute atomic E-state index is 4.72. The lowest BCUT2D eigenvalue weighted by Gasteiger charge is -2.35. The molecule has 1 atom stereocenters. The summed E-state index contributed by atoms with van der Waals surface area (Å²) in [5.74, 6) is 1.87. The number of hydrogen-bond donors (Lipinski definition) is 1. The second-order valence-electron chi connectivity index (χ2n) is 6.73. The van der Waals surface area contributed by atoms with Gasteiger partial charge in [0.25, 0.3) is 0 Å². The Morgan fingerprint density at radius 2 is 2.17 bits per heavy atom. The third-order valence-corrected chi connectivity index (χ3v) is 6.29. The van der Waals surface area contributed by atoms with Crippen molar-refractivity contribution in [1.82, 2.24) is 24.8 Å². The highest BCUT2D eigenvalue weighted by molar-refractivity contribution is 7.11. The van der Waals surface area contributed by atoms with Crippen molar-refractivity contribution in [3.63, 3.8) is 0 Å². The van der Waals surface area contributed by atoms with Crippen molar-refractivity contribution < 1.29 is 0 Å². The molecule has 6 heteroatoms. The molecule has 1 aliphatic heterocycles. The molecule has 0 spiro atoms. The molecule has 124 valence electrons. The minimum absolute atomic E-state index is 0.348. The molecule has 1 unspecified atom stereocenters. The predicted molar refractivity (Wildman–Crippen MR) is 92.6 cm³/mol. The average molecular weight is 331 g/mol. The van der Waals surface area contributed by atoms with Gasteiger partial charge in [-0.1, -0.05) is 12.8 Å². The normalized spacial score (nSPS) is 23.6. The van der Waals surface area contributed by atoms with E-state index in [1.807, 2.05) is 23.7 Å². The predicted octanol–water partition coefficient (Wildman–Crippen LogP) is 2.68. The van der Waals surface area contributed by atoms with Gasteiger partial charge in [-0.3, -0.25) is 4.90 Å². The van der Waals surface area contributed by atoms with Crippen LogP contribution in [-0.2, 0) is 13.6 Å². The monoisotopic (exact) mass is 331 g/mol. The number of piperazine rings is 1. The SMILES string of the molecule is Cn1ccnc1C1CNCCN1Cc1cnc(C2CCCC2)s1. The largest absolute Gasteiger partial charge is 0.337 e. The summed E-state index contributed by atoms with van der Waals surface area (Å²) in [4.78, 5) is 13.2. The molecule has 5 nitrogen and oxygen atoms in total. The Labute approximate surface area is 141 Å². The molecule has 4 rings (SSSR count). The van der Waals surface area contributed by atoms with Crippen LogP contribution in [-0.4, -0.2) is 39.1 Å². The van der Waals surface area contributed by atoms with Crippen LogP contribution in [0, 0.1) is 0 Å². The van der Waals surface area contributed by atoms with E-state index in [0.29, 0.717) is 6.04 Å². The van der Waals surface area contributed by atoms with Gasteiger partial charge >= 0.3 is 0 Å². The molecule has 2 aromatic rings. The van der Waals surface area contributed by atoms with Crippen LogP contribution in [0.4, 0.5) is 0 Å². The number of rotatable bonds is 4. The highest BCUT2D eigenvalue weighted by atomic mass is 32.1. The van der Waals surface area contributed by atoms with Gasteiger partial charge in [0.05, 0.1) is 11.0 Å². The average Bonchev–Trinajstić information content (AvgIpc) is 3.29.